The molecule has 0 amide bonds. The van der Waals surface area contributed by atoms with Crippen molar-refractivity contribution in [3.63, 3.8) is 0 Å². The van der Waals surface area contributed by atoms with Gasteiger partial charge in [-0.3, -0.25) is 0 Å². The highest BCUT2D eigenvalue weighted by molar-refractivity contribution is 6.66. The Morgan fingerprint density at radius 3 is 1.52 bits per heavy atom. The van der Waals surface area contributed by atoms with Crippen molar-refractivity contribution < 1.29 is 8.85 Å². The van der Waals surface area contributed by atoms with Gasteiger partial charge in [0.25, 0.3) is 0 Å². The highest BCUT2D eigenvalue weighted by Crippen LogP contribution is 2.26. The maximum Gasteiger partial charge on any atom is 0.454 e. The first-order chi connectivity index (χ1) is 10.8. The lowest BCUT2D eigenvalue weighted by Gasteiger charge is -2.25. The van der Waals surface area contributed by atoms with Crippen molar-refractivity contribution in [1.82, 2.24) is 0 Å². The first-order valence-corrected chi connectivity index (χ1v) is 10.8. The first kappa shape index (κ1) is 17.2. The Morgan fingerprint density at radius 2 is 1.17 bits per heavy atom. The zero-order valence-electron chi connectivity index (χ0n) is 14.3. The van der Waals surface area contributed by atoms with Gasteiger partial charge in [0, 0.05) is 24.5 Å². The smallest absolute Gasteiger partial charge is 0.454 e. The second-order valence-corrected chi connectivity index (χ2v) is 9.24. The van der Waals surface area contributed by atoms with Crippen LogP contribution in [0, 0.1) is 0 Å². The van der Waals surface area contributed by atoms with Crippen LogP contribution in [0.25, 0.3) is 0 Å². The average molecular weight is 331 g/mol. The molecule has 0 spiro atoms. The summed E-state index contributed by atoms with van der Waals surface area (Å²) in [5, 5.41) is 0. The van der Waals surface area contributed by atoms with Crippen molar-refractivity contribution >= 4 is 19.9 Å². The lowest BCUT2D eigenvalue weighted by atomic mass is 10.1. The van der Waals surface area contributed by atoms with Gasteiger partial charge in [-0.25, -0.2) is 0 Å². The lowest BCUT2D eigenvalue weighted by Crippen LogP contribution is -2.41. The maximum atomic E-state index is 6.14. The summed E-state index contributed by atoms with van der Waals surface area (Å²) < 4.78 is 12.3. The van der Waals surface area contributed by atoms with Gasteiger partial charge in [0.15, 0.2) is 0 Å². The SMILES string of the molecule is CCc1cc(O[Si](C)(C)Oc2ccc(N)c(CC)c2)ccc1N. The molecular formula is C18H26N2O2Si. The molecule has 0 saturated heterocycles. The van der Waals surface area contributed by atoms with Crippen molar-refractivity contribution in [2.24, 2.45) is 0 Å². The van der Waals surface area contributed by atoms with Crippen LogP contribution in [0.3, 0.4) is 0 Å². The van der Waals surface area contributed by atoms with E-state index in [0.29, 0.717) is 0 Å². The van der Waals surface area contributed by atoms with Crippen LogP contribution in [-0.2, 0) is 12.8 Å². The molecular weight excluding hydrogens is 304 g/mol. The van der Waals surface area contributed by atoms with E-state index in [-0.39, 0.29) is 0 Å². The minimum atomic E-state index is -2.37. The molecule has 0 heterocycles. The number of anilines is 2. The largest absolute Gasteiger partial charge is 0.512 e. The van der Waals surface area contributed by atoms with E-state index in [0.717, 1.165) is 46.8 Å². The molecule has 0 aromatic heterocycles. The van der Waals surface area contributed by atoms with E-state index in [4.69, 9.17) is 20.3 Å². The number of hydrogen-bond acceptors (Lipinski definition) is 4. The molecule has 4 N–H and O–H groups in total. The number of nitrogen functional groups attached to an aromatic ring is 2. The van der Waals surface area contributed by atoms with Crippen molar-refractivity contribution in [2.75, 3.05) is 11.5 Å². The normalized spacial score (nSPS) is 11.3. The predicted molar refractivity (Wildman–Crippen MR) is 99.2 cm³/mol. The molecule has 4 nitrogen and oxygen atoms in total. The third-order valence-corrected chi connectivity index (χ3v) is 5.17. The molecule has 2 rings (SSSR count). The van der Waals surface area contributed by atoms with Crippen LogP contribution in [-0.4, -0.2) is 8.56 Å². The predicted octanol–water partition coefficient (Wildman–Crippen LogP) is 4.14. The fourth-order valence-electron chi connectivity index (χ4n) is 2.49. The number of aryl methyl sites for hydroxylation is 2. The zero-order valence-corrected chi connectivity index (χ0v) is 15.3. The van der Waals surface area contributed by atoms with E-state index in [1.54, 1.807) is 0 Å². The molecule has 0 bridgehead atoms. The van der Waals surface area contributed by atoms with E-state index in [2.05, 4.69) is 13.8 Å². The van der Waals surface area contributed by atoms with Crippen molar-refractivity contribution in [3.05, 3.63) is 47.5 Å². The summed E-state index contributed by atoms with van der Waals surface area (Å²) in [5.74, 6) is 1.61. The van der Waals surface area contributed by atoms with Gasteiger partial charge in [0.1, 0.15) is 11.5 Å². The molecule has 2 aromatic rings. The van der Waals surface area contributed by atoms with Crippen LogP contribution >= 0.6 is 0 Å². The Labute approximate surface area is 139 Å². The van der Waals surface area contributed by atoms with Crippen LogP contribution in [0.1, 0.15) is 25.0 Å². The van der Waals surface area contributed by atoms with E-state index in [9.17, 15) is 0 Å². The Morgan fingerprint density at radius 1 is 0.783 bits per heavy atom. The van der Waals surface area contributed by atoms with Gasteiger partial charge in [-0.1, -0.05) is 13.8 Å². The second-order valence-electron chi connectivity index (χ2n) is 6.03. The molecule has 0 unspecified atom stereocenters. The number of benzene rings is 2. The Bertz CT molecular complexity index is 629. The molecule has 0 aliphatic heterocycles. The second kappa shape index (κ2) is 6.96. The minimum Gasteiger partial charge on any atom is -0.512 e. The molecule has 0 atom stereocenters. The quantitative estimate of drug-likeness (QED) is 0.617. The van der Waals surface area contributed by atoms with E-state index >= 15 is 0 Å². The standard InChI is InChI=1S/C18H26N2O2Si/c1-5-13-11-15(7-9-17(13)19)21-23(3,4)22-16-8-10-18(20)14(6-2)12-16/h7-12H,5-6,19-20H2,1-4H3. The van der Waals surface area contributed by atoms with Gasteiger partial charge < -0.3 is 20.3 Å². The fourth-order valence-corrected chi connectivity index (χ4v) is 3.92. The lowest BCUT2D eigenvalue weighted by molar-refractivity contribution is 0.399. The van der Waals surface area contributed by atoms with Crippen LogP contribution in [0.2, 0.25) is 13.1 Å². The van der Waals surface area contributed by atoms with Crippen LogP contribution in [0.5, 0.6) is 11.5 Å². The van der Waals surface area contributed by atoms with Crippen molar-refractivity contribution in [1.29, 1.82) is 0 Å². The first-order valence-electron chi connectivity index (χ1n) is 7.99. The summed E-state index contributed by atoms with van der Waals surface area (Å²) in [4.78, 5) is 0. The van der Waals surface area contributed by atoms with Gasteiger partial charge in [0.05, 0.1) is 0 Å². The van der Waals surface area contributed by atoms with Crippen molar-refractivity contribution in [2.45, 2.75) is 39.8 Å². The monoisotopic (exact) mass is 330 g/mol. The fraction of sp³-hybridized carbons (Fsp3) is 0.333. The minimum absolute atomic E-state index is 0.798. The summed E-state index contributed by atoms with van der Waals surface area (Å²) in [5.41, 5.74) is 15.7. The summed E-state index contributed by atoms with van der Waals surface area (Å²) in [6, 6.07) is 11.6. The molecule has 2 aromatic carbocycles. The third kappa shape index (κ3) is 4.42. The molecule has 0 aliphatic carbocycles. The molecule has 124 valence electrons. The van der Waals surface area contributed by atoms with Gasteiger partial charge >= 0.3 is 8.56 Å². The van der Waals surface area contributed by atoms with E-state index in [1.807, 2.05) is 49.5 Å². The van der Waals surface area contributed by atoms with E-state index < -0.39 is 8.56 Å². The molecule has 0 fully saturated rings. The Kier molecular flexibility index (Phi) is 5.21. The molecule has 23 heavy (non-hydrogen) atoms. The summed E-state index contributed by atoms with van der Waals surface area (Å²) in [6.45, 7) is 8.21. The molecule has 0 aliphatic rings. The summed E-state index contributed by atoms with van der Waals surface area (Å²) in [7, 11) is -2.37. The van der Waals surface area contributed by atoms with Gasteiger partial charge in [-0.05, 0) is 60.4 Å². The zero-order chi connectivity index (χ0) is 17.0. The van der Waals surface area contributed by atoms with Gasteiger partial charge in [-0.2, -0.15) is 0 Å². The van der Waals surface area contributed by atoms with Crippen LogP contribution < -0.4 is 20.3 Å². The maximum absolute atomic E-state index is 6.14. The number of nitrogens with two attached hydrogens (primary N) is 2. The number of rotatable bonds is 6. The van der Waals surface area contributed by atoms with E-state index in [1.165, 1.54) is 0 Å². The van der Waals surface area contributed by atoms with Crippen LogP contribution in [0.4, 0.5) is 11.4 Å². The number of hydrogen-bond donors (Lipinski definition) is 2. The topological polar surface area (TPSA) is 70.5 Å². The summed E-state index contributed by atoms with van der Waals surface area (Å²) in [6.07, 6.45) is 1.76. The Hall–Kier alpha value is -2.14. The molecule has 0 saturated carbocycles. The van der Waals surface area contributed by atoms with Gasteiger partial charge in [-0.15, -0.1) is 0 Å². The highest BCUT2D eigenvalue weighted by Gasteiger charge is 2.29. The highest BCUT2D eigenvalue weighted by atomic mass is 28.4. The Balaban J connectivity index is 2.15. The third-order valence-electron chi connectivity index (χ3n) is 3.72. The summed E-state index contributed by atoms with van der Waals surface area (Å²) >= 11 is 0. The molecule has 0 radical (unpaired) electrons. The van der Waals surface area contributed by atoms with Gasteiger partial charge in [0.2, 0.25) is 0 Å². The van der Waals surface area contributed by atoms with Crippen molar-refractivity contribution in [3.8, 4) is 11.5 Å². The molecule has 5 heteroatoms. The average Bonchev–Trinajstić information content (AvgIpc) is 2.50. The van der Waals surface area contributed by atoms with Crippen LogP contribution in [0.15, 0.2) is 36.4 Å².